The largest absolute Gasteiger partial charge is 0.322 e. The Morgan fingerprint density at radius 2 is 1.72 bits per heavy atom. The second-order valence-corrected chi connectivity index (χ2v) is 8.73. The number of anilines is 1. The van der Waals surface area contributed by atoms with Gasteiger partial charge in [0.25, 0.3) is 5.91 Å². The first-order valence-corrected chi connectivity index (χ1v) is 10.6. The van der Waals surface area contributed by atoms with Gasteiger partial charge in [0.2, 0.25) is 10.0 Å². The molecular weight excluding hydrogens is 475 g/mol. The third kappa shape index (κ3) is 4.72. The Balaban J connectivity index is 2.19. The third-order valence-corrected chi connectivity index (χ3v) is 6.82. The second-order valence-electron chi connectivity index (χ2n) is 5.19. The number of hydrogen-bond acceptors (Lipinski definition) is 3. The number of benzene rings is 2. The minimum absolute atomic E-state index is 0.204. The van der Waals surface area contributed by atoms with Crippen LogP contribution in [0, 0.1) is 3.57 Å². The molecule has 8 heteroatoms. The van der Waals surface area contributed by atoms with E-state index in [-0.39, 0.29) is 10.8 Å². The van der Waals surface area contributed by atoms with Crippen LogP contribution in [0.5, 0.6) is 0 Å². The third-order valence-electron chi connectivity index (χ3n) is 3.63. The Labute approximate surface area is 166 Å². The summed E-state index contributed by atoms with van der Waals surface area (Å²) in [6.07, 6.45) is 0. The Morgan fingerprint density at radius 1 is 1.12 bits per heavy atom. The molecule has 1 amide bonds. The molecule has 0 heterocycles. The number of nitrogens with one attached hydrogen (secondary N) is 1. The van der Waals surface area contributed by atoms with Crippen molar-refractivity contribution in [1.29, 1.82) is 0 Å². The van der Waals surface area contributed by atoms with E-state index in [2.05, 4.69) is 5.32 Å². The zero-order valence-electron chi connectivity index (χ0n) is 13.8. The van der Waals surface area contributed by atoms with Gasteiger partial charge >= 0.3 is 0 Å². The number of carbonyl (C=O) groups is 1. The van der Waals surface area contributed by atoms with Crippen molar-refractivity contribution in [3.8, 4) is 0 Å². The predicted molar refractivity (Wildman–Crippen MR) is 109 cm³/mol. The molecule has 0 radical (unpaired) electrons. The van der Waals surface area contributed by atoms with Crippen LogP contribution in [-0.2, 0) is 10.0 Å². The molecule has 1 N–H and O–H groups in total. The van der Waals surface area contributed by atoms with E-state index in [4.69, 9.17) is 11.6 Å². The van der Waals surface area contributed by atoms with Crippen LogP contribution in [0.4, 0.5) is 5.69 Å². The molecule has 2 rings (SSSR count). The van der Waals surface area contributed by atoms with E-state index in [9.17, 15) is 13.2 Å². The number of nitrogens with zero attached hydrogens (tertiary/aromatic N) is 1. The van der Waals surface area contributed by atoms with Crippen LogP contribution in [-0.4, -0.2) is 31.7 Å². The summed E-state index contributed by atoms with van der Waals surface area (Å²) in [6.45, 7) is 4.41. The van der Waals surface area contributed by atoms with Crippen LogP contribution in [0.2, 0.25) is 5.02 Å². The molecule has 0 aliphatic heterocycles. The summed E-state index contributed by atoms with van der Waals surface area (Å²) in [7, 11) is -3.51. The van der Waals surface area contributed by atoms with Crippen molar-refractivity contribution in [2.24, 2.45) is 0 Å². The molecule has 2 aromatic carbocycles. The minimum atomic E-state index is -3.51. The summed E-state index contributed by atoms with van der Waals surface area (Å²) in [4.78, 5) is 12.5. The number of carbonyl (C=O) groups excluding carboxylic acids is 1. The molecule has 134 valence electrons. The lowest BCUT2D eigenvalue weighted by Gasteiger charge is -2.18. The number of rotatable bonds is 6. The van der Waals surface area contributed by atoms with E-state index in [1.807, 2.05) is 22.6 Å². The standard InChI is InChI=1S/C17H18ClIN2O3S/c1-3-21(4-2)25(23,24)14-8-6-13(7-9-14)20-17(22)15-10-5-12(18)11-16(15)19/h5-11H,3-4H2,1-2H3,(H,20,22). The van der Waals surface area contributed by atoms with Crippen molar-refractivity contribution in [1.82, 2.24) is 4.31 Å². The molecule has 0 atom stereocenters. The zero-order chi connectivity index (χ0) is 18.6. The molecule has 0 fully saturated rings. The maximum Gasteiger partial charge on any atom is 0.256 e. The lowest BCUT2D eigenvalue weighted by molar-refractivity contribution is 0.102. The van der Waals surface area contributed by atoms with Crippen molar-refractivity contribution in [2.75, 3.05) is 18.4 Å². The molecule has 0 spiro atoms. The van der Waals surface area contributed by atoms with Gasteiger partial charge in [0.05, 0.1) is 10.5 Å². The lowest BCUT2D eigenvalue weighted by Crippen LogP contribution is -2.30. The predicted octanol–water partition coefficient (Wildman–Crippen LogP) is 4.23. The minimum Gasteiger partial charge on any atom is -0.322 e. The zero-order valence-corrected chi connectivity index (χ0v) is 17.5. The summed E-state index contributed by atoms with van der Waals surface area (Å²) in [5.41, 5.74) is 1.03. The first kappa shape index (κ1) is 20.2. The molecule has 0 saturated carbocycles. The summed E-state index contributed by atoms with van der Waals surface area (Å²) < 4.78 is 27.0. The molecule has 0 bridgehead atoms. The normalized spacial score (nSPS) is 11.6. The Hall–Kier alpha value is -1.16. The first-order valence-electron chi connectivity index (χ1n) is 7.66. The second kappa shape index (κ2) is 8.48. The number of amides is 1. The monoisotopic (exact) mass is 492 g/mol. The maximum atomic E-state index is 12.5. The van der Waals surface area contributed by atoms with Crippen molar-refractivity contribution in [3.05, 3.63) is 56.6 Å². The average molecular weight is 493 g/mol. The maximum absolute atomic E-state index is 12.5. The quantitative estimate of drug-likeness (QED) is 0.614. The van der Waals surface area contributed by atoms with Crippen molar-refractivity contribution in [3.63, 3.8) is 0 Å². The van der Waals surface area contributed by atoms with E-state index in [1.165, 1.54) is 16.4 Å². The molecule has 25 heavy (non-hydrogen) atoms. The van der Waals surface area contributed by atoms with E-state index < -0.39 is 10.0 Å². The molecule has 0 saturated heterocycles. The molecule has 0 aliphatic rings. The molecule has 0 aliphatic carbocycles. The van der Waals surface area contributed by atoms with Crippen LogP contribution in [0.25, 0.3) is 0 Å². The molecule has 5 nitrogen and oxygen atoms in total. The highest BCUT2D eigenvalue weighted by atomic mass is 127. The number of hydrogen-bond donors (Lipinski definition) is 1. The van der Waals surface area contributed by atoms with E-state index in [0.717, 1.165) is 3.57 Å². The fourth-order valence-electron chi connectivity index (χ4n) is 2.29. The molecule has 0 unspecified atom stereocenters. The van der Waals surface area contributed by atoms with Crippen molar-refractivity contribution < 1.29 is 13.2 Å². The summed E-state index contributed by atoms with van der Waals surface area (Å²) in [6, 6.07) is 11.2. The Kier molecular flexibility index (Phi) is 6.84. The Morgan fingerprint density at radius 3 is 2.24 bits per heavy atom. The fourth-order valence-corrected chi connectivity index (χ4v) is 4.87. The van der Waals surface area contributed by atoms with Gasteiger partial charge in [0.15, 0.2) is 0 Å². The van der Waals surface area contributed by atoms with Gasteiger partial charge in [-0.25, -0.2) is 8.42 Å². The van der Waals surface area contributed by atoms with Gasteiger partial charge in [-0.3, -0.25) is 4.79 Å². The van der Waals surface area contributed by atoms with E-state index in [1.54, 1.807) is 44.2 Å². The van der Waals surface area contributed by atoms with Crippen LogP contribution < -0.4 is 5.32 Å². The van der Waals surface area contributed by atoms with Gasteiger partial charge in [-0.15, -0.1) is 0 Å². The van der Waals surface area contributed by atoms with Gasteiger partial charge in [0.1, 0.15) is 0 Å². The van der Waals surface area contributed by atoms with E-state index >= 15 is 0 Å². The number of sulfonamides is 1. The highest BCUT2D eigenvalue weighted by Crippen LogP contribution is 2.21. The van der Waals surface area contributed by atoms with Gasteiger partial charge in [0, 0.05) is 27.4 Å². The SMILES string of the molecule is CCN(CC)S(=O)(=O)c1ccc(NC(=O)c2ccc(Cl)cc2I)cc1. The highest BCUT2D eigenvalue weighted by Gasteiger charge is 2.21. The van der Waals surface area contributed by atoms with Crippen LogP contribution >= 0.6 is 34.2 Å². The Bertz CT molecular complexity index is 866. The molecular formula is C17H18ClIN2O3S. The molecule has 0 aromatic heterocycles. The van der Waals surface area contributed by atoms with Crippen LogP contribution in [0.1, 0.15) is 24.2 Å². The van der Waals surface area contributed by atoms with Crippen LogP contribution in [0.3, 0.4) is 0 Å². The summed E-state index contributed by atoms with van der Waals surface area (Å²) in [5.74, 6) is -0.277. The van der Waals surface area contributed by atoms with Gasteiger partial charge in [-0.05, 0) is 65.1 Å². The fraction of sp³-hybridized carbons (Fsp3) is 0.235. The number of halogens is 2. The smallest absolute Gasteiger partial charge is 0.256 e. The van der Waals surface area contributed by atoms with Crippen molar-refractivity contribution in [2.45, 2.75) is 18.7 Å². The van der Waals surface area contributed by atoms with Gasteiger partial charge in [-0.2, -0.15) is 4.31 Å². The highest BCUT2D eigenvalue weighted by molar-refractivity contribution is 14.1. The van der Waals surface area contributed by atoms with Gasteiger partial charge in [-0.1, -0.05) is 25.4 Å². The first-order chi connectivity index (χ1) is 11.8. The van der Waals surface area contributed by atoms with Gasteiger partial charge < -0.3 is 5.32 Å². The summed E-state index contributed by atoms with van der Waals surface area (Å²) >= 11 is 7.94. The van der Waals surface area contributed by atoms with Crippen LogP contribution in [0.15, 0.2) is 47.4 Å². The average Bonchev–Trinajstić information content (AvgIpc) is 2.56. The summed E-state index contributed by atoms with van der Waals surface area (Å²) in [5, 5.41) is 3.32. The lowest BCUT2D eigenvalue weighted by atomic mass is 10.2. The topological polar surface area (TPSA) is 66.5 Å². The molecule has 2 aromatic rings. The van der Waals surface area contributed by atoms with Crippen molar-refractivity contribution >= 4 is 55.8 Å². The van der Waals surface area contributed by atoms with E-state index in [0.29, 0.717) is 29.4 Å².